The summed E-state index contributed by atoms with van der Waals surface area (Å²) in [7, 11) is 0. The van der Waals surface area contributed by atoms with Crippen molar-refractivity contribution in [2.45, 2.75) is 6.04 Å². The number of hydrogen-bond acceptors (Lipinski definition) is 6. The minimum atomic E-state index is 0. The van der Waals surface area contributed by atoms with Gasteiger partial charge in [-0.1, -0.05) is 12.1 Å². The van der Waals surface area contributed by atoms with E-state index in [-0.39, 0.29) is 30.6 Å². The maximum atomic E-state index is 9.99. The first-order valence-electron chi connectivity index (χ1n) is 7.20. The molecule has 0 bridgehead atoms. The molecule has 0 saturated carbocycles. The van der Waals surface area contributed by atoms with Crippen LogP contribution in [0.25, 0.3) is 11.3 Å². The maximum Gasteiger partial charge on any atom is 0.172 e. The highest BCUT2D eigenvalue weighted by Gasteiger charge is 2.29. The summed E-state index contributed by atoms with van der Waals surface area (Å²) in [5.41, 5.74) is 2.49. The van der Waals surface area contributed by atoms with Crippen molar-refractivity contribution in [1.82, 2.24) is 15.5 Å². The van der Waals surface area contributed by atoms with Gasteiger partial charge >= 0.3 is 0 Å². The molecule has 6 nitrogen and oxygen atoms in total. The van der Waals surface area contributed by atoms with Crippen molar-refractivity contribution in [3.63, 3.8) is 0 Å². The third-order valence-corrected chi connectivity index (χ3v) is 4.12. The minimum absolute atomic E-state index is 0. The van der Waals surface area contributed by atoms with Gasteiger partial charge in [-0.15, -0.1) is 35.0 Å². The van der Waals surface area contributed by atoms with Gasteiger partial charge in [0.25, 0.3) is 0 Å². The van der Waals surface area contributed by atoms with Gasteiger partial charge in [0.2, 0.25) is 0 Å². The van der Waals surface area contributed by atoms with Crippen LogP contribution in [0.5, 0.6) is 5.75 Å². The highest BCUT2D eigenvalue weighted by atomic mass is 35.5. The molecule has 4 rings (SSSR count). The molecular formula is C15H19Cl2N5O. The Bertz CT molecular complexity index is 685. The first kappa shape index (κ1) is 17.6. The Morgan fingerprint density at radius 3 is 2.78 bits per heavy atom. The van der Waals surface area contributed by atoms with Gasteiger partial charge in [-0.25, -0.2) is 0 Å². The molecule has 0 amide bonds. The highest BCUT2D eigenvalue weighted by molar-refractivity contribution is 5.85. The minimum Gasteiger partial charge on any atom is -0.507 e. The van der Waals surface area contributed by atoms with Crippen LogP contribution in [0.4, 0.5) is 11.5 Å². The topological polar surface area (TPSA) is 73.3 Å². The summed E-state index contributed by atoms with van der Waals surface area (Å²) >= 11 is 0. The zero-order valence-electron chi connectivity index (χ0n) is 12.4. The fraction of sp³-hybridized carbons (Fsp3) is 0.333. The van der Waals surface area contributed by atoms with Gasteiger partial charge < -0.3 is 20.6 Å². The van der Waals surface area contributed by atoms with E-state index < -0.39 is 0 Å². The van der Waals surface area contributed by atoms with Crippen LogP contribution in [0.1, 0.15) is 0 Å². The molecule has 2 aliphatic rings. The Labute approximate surface area is 147 Å². The summed E-state index contributed by atoms with van der Waals surface area (Å²) in [4.78, 5) is 2.38. The molecule has 8 heteroatoms. The number of anilines is 2. The van der Waals surface area contributed by atoms with Crippen molar-refractivity contribution in [2.75, 3.05) is 36.4 Å². The monoisotopic (exact) mass is 355 g/mol. The highest BCUT2D eigenvalue weighted by Crippen LogP contribution is 2.35. The van der Waals surface area contributed by atoms with Gasteiger partial charge in [0.05, 0.1) is 17.4 Å². The number of phenols is 1. The number of aromatic nitrogens is 2. The number of para-hydroxylation sites is 1. The van der Waals surface area contributed by atoms with E-state index in [0.29, 0.717) is 17.3 Å². The van der Waals surface area contributed by atoms with Crippen LogP contribution in [-0.2, 0) is 0 Å². The van der Waals surface area contributed by atoms with E-state index in [4.69, 9.17) is 0 Å². The molecule has 1 aromatic carbocycles. The molecule has 1 aromatic heterocycles. The van der Waals surface area contributed by atoms with Crippen molar-refractivity contribution in [3.05, 3.63) is 30.3 Å². The van der Waals surface area contributed by atoms with Crippen LogP contribution in [0.2, 0.25) is 0 Å². The summed E-state index contributed by atoms with van der Waals surface area (Å²) in [6, 6.07) is 9.68. The van der Waals surface area contributed by atoms with E-state index in [9.17, 15) is 5.11 Å². The summed E-state index contributed by atoms with van der Waals surface area (Å²) in [5, 5.41) is 25.3. The number of rotatable bonds is 1. The number of hydrogen-bond donors (Lipinski definition) is 3. The lowest BCUT2D eigenvalue weighted by Gasteiger charge is -2.42. The second-order valence-electron chi connectivity index (χ2n) is 5.41. The quantitative estimate of drug-likeness (QED) is 0.725. The van der Waals surface area contributed by atoms with E-state index in [1.165, 1.54) is 0 Å². The summed E-state index contributed by atoms with van der Waals surface area (Å²) in [6.07, 6.45) is 0. The average Bonchev–Trinajstić information content (AvgIpc) is 2.55. The average molecular weight is 356 g/mol. The van der Waals surface area contributed by atoms with Crippen LogP contribution in [0.15, 0.2) is 30.3 Å². The number of halogens is 2. The molecule has 3 heterocycles. The first-order chi connectivity index (χ1) is 10.3. The van der Waals surface area contributed by atoms with Crippen LogP contribution in [0, 0.1) is 0 Å². The van der Waals surface area contributed by atoms with Gasteiger partial charge in [-0.05, 0) is 18.2 Å². The molecule has 2 aromatic rings. The third kappa shape index (κ3) is 3.15. The predicted octanol–water partition coefficient (Wildman–Crippen LogP) is 1.90. The number of piperazine rings is 1. The Morgan fingerprint density at radius 2 is 1.96 bits per heavy atom. The smallest absolute Gasteiger partial charge is 0.172 e. The van der Waals surface area contributed by atoms with Crippen LogP contribution in [0.3, 0.4) is 0 Å². The van der Waals surface area contributed by atoms with Crippen molar-refractivity contribution < 1.29 is 5.11 Å². The van der Waals surface area contributed by atoms with Gasteiger partial charge in [0.1, 0.15) is 5.75 Å². The van der Waals surface area contributed by atoms with Gasteiger partial charge in [0, 0.05) is 31.7 Å². The third-order valence-electron chi connectivity index (χ3n) is 4.12. The Morgan fingerprint density at radius 1 is 1.13 bits per heavy atom. The number of aromatic hydroxyl groups is 1. The maximum absolute atomic E-state index is 9.99. The number of nitrogens with zero attached hydrogens (tertiary/aromatic N) is 3. The molecule has 124 valence electrons. The molecule has 3 N–H and O–H groups in total. The largest absolute Gasteiger partial charge is 0.507 e. The van der Waals surface area contributed by atoms with E-state index in [1.54, 1.807) is 12.1 Å². The fourth-order valence-electron chi connectivity index (χ4n) is 3.02. The van der Waals surface area contributed by atoms with E-state index in [2.05, 4.69) is 25.7 Å². The fourth-order valence-corrected chi connectivity index (χ4v) is 3.02. The van der Waals surface area contributed by atoms with E-state index >= 15 is 0 Å². The molecule has 0 radical (unpaired) electrons. The number of benzene rings is 1. The Balaban J connectivity index is 0.000000960. The molecule has 23 heavy (non-hydrogen) atoms. The lowest BCUT2D eigenvalue weighted by atomic mass is 10.1. The molecular weight excluding hydrogens is 337 g/mol. The van der Waals surface area contributed by atoms with Crippen molar-refractivity contribution in [1.29, 1.82) is 0 Å². The normalized spacial score (nSPS) is 18.6. The van der Waals surface area contributed by atoms with Gasteiger partial charge in [-0.3, -0.25) is 0 Å². The van der Waals surface area contributed by atoms with Crippen LogP contribution in [-0.4, -0.2) is 47.5 Å². The summed E-state index contributed by atoms with van der Waals surface area (Å²) < 4.78 is 0. The van der Waals surface area contributed by atoms with Crippen molar-refractivity contribution in [3.8, 4) is 17.0 Å². The van der Waals surface area contributed by atoms with E-state index in [0.717, 1.165) is 37.7 Å². The zero-order chi connectivity index (χ0) is 14.2. The molecule has 1 saturated heterocycles. The lowest BCUT2D eigenvalue weighted by Crippen LogP contribution is -2.56. The van der Waals surface area contributed by atoms with E-state index in [1.807, 2.05) is 18.2 Å². The lowest BCUT2D eigenvalue weighted by molar-refractivity contribution is 0.476. The van der Waals surface area contributed by atoms with Crippen molar-refractivity contribution >= 4 is 36.3 Å². The predicted molar refractivity (Wildman–Crippen MR) is 96.1 cm³/mol. The van der Waals surface area contributed by atoms with Crippen LogP contribution >= 0.6 is 24.8 Å². The summed E-state index contributed by atoms with van der Waals surface area (Å²) in [6.45, 7) is 3.79. The molecule has 0 unspecified atom stereocenters. The zero-order valence-corrected chi connectivity index (χ0v) is 14.0. The molecule has 0 aliphatic carbocycles. The number of fused-ring (bicyclic) bond motifs is 3. The SMILES string of the molecule is Cl.Cl.Oc1ccccc1-c1cc2c(nn1)NC[C@H]1CNCCN21. The van der Waals surface area contributed by atoms with Crippen LogP contribution < -0.4 is 15.5 Å². The standard InChI is InChI=1S/C15H17N5O.2ClH/c21-14-4-2-1-3-11(14)12-7-13-15(19-18-12)17-9-10-8-16-5-6-20(10)13;;/h1-4,7,10,16,21H,5-6,8-9H2,(H,17,19);2*1H/t10-;;/m1../s1. The molecule has 1 atom stereocenters. The Hall–Kier alpha value is -1.76. The van der Waals surface area contributed by atoms with Crippen molar-refractivity contribution in [2.24, 2.45) is 0 Å². The molecule has 1 fully saturated rings. The molecule has 0 spiro atoms. The second-order valence-corrected chi connectivity index (χ2v) is 5.41. The number of phenolic OH excluding ortho intramolecular Hbond substituents is 1. The molecule has 2 aliphatic heterocycles. The van der Waals surface area contributed by atoms with Gasteiger partial charge in [-0.2, -0.15) is 0 Å². The Kier molecular flexibility index (Phi) is 5.51. The summed E-state index contributed by atoms with van der Waals surface area (Å²) in [5.74, 6) is 1.06. The first-order valence-corrected chi connectivity index (χ1v) is 7.20. The van der Waals surface area contributed by atoms with Gasteiger partial charge in [0.15, 0.2) is 5.82 Å². The second kappa shape index (κ2) is 7.21. The number of nitrogens with one attached hydrogen (secondary N) is 2.